The number of nitrogens with zero attached hydrogens (tertiary/aromatic N) is 1. The Hall–Kier alpha value is -2.17. The van der Waals surface area contributed by atoms with Crippen LogP contribution in [0, 0.1) is 5.92 Å². The maximum Gasteiger partial charge on any atom is 0.323 e. The molecular formula is C25H34N2O2. The standard InChI is InChI=1S/C25H34N2O2/c1-2-3-9-16-25(26,24(28)29)22-14-17-27(18-15-22)19-21-12-7-8-13-23(21)20-10-5-4-6-11-20/h4-8,10-13,22H,2-3,9,14-19,26H2,1H3,(H,28,29). The fourth-order valence-corrected chi connectivity index (χ4v) is 4.56. The van der Waals surface area contributed by atoms with Gasteiger partial charge in [0.2, 0.25) is 0 Å². The van der Waals surface area contributed by atoms with Gasteiger partial charge in [0.1, 0.15) is 5.54 Å². The first-order valence-electron chi connectivity index (χ1n) is 10.9. The number of piperidine rings is 1. The van der Waals surface area contributed by atoms with Crippen LogP contribution >= 0.6 is 0 Å². The van der Waals surface area contributed by atoms with Crippen molar-refractivity contribution in [2.45, 2.75) is 57.5 Å². The molecule has 2 aromatic carbocycles. The summed E-state index contributed by atoms with van der Waals surface area (Å²) < 4.78 is 0. The monoisotopic (exact) mass is 394 g/mol. The lowest BCUT2D eigenvalue weighted by molar-refractivity contribution is -0.147. The van der Waals surface area contributed by atoms with Crippen molar-refractivity contribution in [3.05, 3.63) is 60.2 Å². The second kappa shape index (κ2) is 10.0. The zero-order valence-corrected chi connectivity index (χ0v) is 17.5. The fourth-order valence-electron chi connectivity index (χ4n) is 4.56. The summed E-state index contributed by atoms with van der Waals surface area (Å²) in [5.74, 6) is -0.779. The summed E-state index contributed by atoms with van der Waals surface area (Å²) in [6, 6.07) is 19.0. The van der Waals surface area contributed by atoms with E-state index in [0.717, 1.165) is 51.7 Å². The predicted molar refractivity (Wildman–Crippen MR) is 119 cm³/mol. The second-order valence-corrected chi connectivity index (χ2v) is 8.38. The number of hydrogen-bond donors (Lipinski definition) is 2. The van der Waals surface area contributed by atoms with E-state index in [2.05, 4.69) is 60.4 Å². The Morgan fingerprint density at radius 1 is 1.07 bits per heavy atom. The Morgan fingerprint density at radius 2 is 1.72 bits per heavy atom. The van der Waals surface area contributed by atoms with Crippen LogP contribution in [0.4, 0.5) is 0 Å². The molecule has 1 unspecified atom stereocenters. The summed E-state index contributed by atoms with van der Waals surface area (Å²) in [4.78, 5) is 14.4. The fraction of sp³-hybridized carbons (Fsp3) is 0.480. The lowest BCUT2D eigenvalue weighted by Gasteiger charge is -2.40. The highest BCUT2D eigenvalue weighted by molar-refractivity contribution is 5.79. The molecule has 1 fully saturated rings. The number of unbranched alkanes of at least 4 members (excludes halogenated alkanes) is 2. The molecule has 3 N–H and O–H groups in total. The summed E-state index contributed by atoms with van der Waals surface area (Å²) >= 11 is 0. The Balaban J connectivity index is 1.64. The van der Waals surface area contributed by atoms with Gasteiger partial charge in [-0.05, 0) is 55.0 Å². The number of nitrogens with two attached hydrogens (primary N) is 1. The van der Waals surface area contributed by atoms with E-state index in [0.29, 0.717) is 6.42 Å². The van der Waals surface area contributed by atoms with E-state index in [1.807, 2.05) is 6.07 Å². The Labute approximate surface area is 174 Å². The van der Waals surface area contributed by atoms with Gasteiger partial charge >= 0.3 is 5.97 Å². The quantitative estimate of drug-likeness (QED) is 0.592. The van der Waals surface area contributed by atoms with E-state index in [4.69, 9.17) is 5.73 Å². The van der Waals surface area contributed by atoms with Crippen molar-refractivity contribution < 1.29 is 9.90 Å². The molecule has 0 aliphatic carbocycles. The van der Waals surface area contributed by atoms with Gasteiger partial charge in [-0.1, -0.05) is 80.8 Å². The summed E-state index contributed by atoms with van der Waals surface area (Å²) in [5.41, 5.74) is 9.18. The van der Waals surface area contributed by atoms with E-state index < -0.39 is 11.5 Å². The Morgan fingerprint density at radius 3 is 2.38 bits per heavy atom. The SMILES string of the molecule is CCCCCC(N)(C(=O)O)C1CCN(Cc2ccccc2-c2ccccc2)CC1. The summed E-state index contributed by atoms with van der Waals surface area (Å²) in [5, 5.41) is 9.81. The molecule has 1 aliphatic heterocycles. The molecule has 1 heterocycles. The zero-order valence-electron chi connectivity index (χ0n) is 17.5. The van der Waals surface area contributed by atoms with Crippen molar-refractivity contribution in [3.8, 4) is 11.1 Å². The molecule has 156 valence electrons. The lowest BCUT2D eigenvalue weighted by atomic mass is 9.75. The lowest BCUT2D eigenvalue weighted by Crippen LogP contribution is -2.56. The van der Waals surface area contributed by atoms with Crippen LogP contribution in [0.2, 0.25) is 0 Å². The largest absolute Gasteiger partial charge is 0.480 e. The van der Waals surface area contributed by atoms with Gasteiger partial charge in [0.05, 0.1) is 0 Å². The summed E-state index contributed by atoms with van der Waals surface area (Å²) in [6.45, 7) is 4.81. The van der Waals surface area contributed by atoms with Gasteiger partial charge in [-0.2, -0.15) is 0 Å². The molecule has 0 aromatic heterocycles. The van der Waals surface area contributed by atoms with Gasteiger partial charge in [-0.15, -0.1) is 0 Å². The molecule has 3 rings (SSSR count). The molecule has 0 saturated carbocycles. The van der Waals surface area contributed by atoms with Crippen LogP contribution in [0.1, 0.15) is 51.0 Å². The number of aliphatic carboxylic acids is 1. The van der Waals surface area contributed by atoms with E-state index >= 15 is 0 Å². The highest BCUT2D eigenvalue weighted by Gasteiger charge is 2.42. The average Bonchev–Trinajstić information content (AvgIpc) is 2.75. The molecule has 2 aromatic rings. The number of benzene rings is 2. The molecule has 29 heavy (non-hydrogen) atoms. The Kier molecular flexibility index (Phi) is 7.45. The first kappa shape index (κ1) is 21.5. The molecule has 0 radical (unpaired) electrons. The van der Waals surface area contributed by atoms with E-state index in [1.54, 1.807) is 0 Å². The number of carboxylic acids is 1. The average molecular weight is 395 g/mol. The molecular weight excluding hydrogens is 360 g/mol. The van der Waals surface area contributed by atoms with Crippen molar-refractivity contribution >= 4 is 5.97 Å². The van der Waals surface area contributed by atoms with Crippen molar-refractivity contribution in [3.63, 3.8) is 0 Å². The van der Waals surface area contributed by atoms with Crippen LogP contribution in [0.25, 0.3) is 11.1 Å². The number of likely N-dealkylation sites (tertiary alicyclic amines) is 1. The third-order valence-corrected chi connectivity index (χ3v) is 6.40. The van der Waals surface area contributed by atoms with Crippen molar-refractivity contribution in [2.24, 2.45) is 11.7 Å². The van der Waals surface area contributed by atoms with Crippen LogP contribution in [0.3, 0.4) is 0 Å². The number of hydrogen-bond acceptors (Lipinski definition) is 3. The van der Waals surface area contributed by atoms with Crippen LogP contribution in [-0.2, 0) is 11.3 Å². The molecule has 0 amide bonds. The Bertz CT molecular complexity index is 784. The van der Waals surface area contributed by atoms with Crippen LogP contribution in [0.5, 0.6) is 0 Å². The highest BCUT2D eigenvalue weighted by Crippen LogP contribution is 2.32. The second-order valence-electron chi connectivity index (χ2n) is 8.38. The van der Waals surface area contributed by atoms with Gasteiger partial charge in [0, 0.05) is 6.54 Å². The first-order chi connectivity index (χ1) is 14.0. The number of rotatable bonds is 9. The van der Waals surface area contributed by atoms with Gasteiger partial charge in [-0.3, -0.25) is 9.69 Å². The first-order valence-corrected chi connectivity index (χ1v) is 10.9. The number of carbonyl (C=O) groups is 1. The van der Waals surface area contributed by atoms with Gasteiger partial charge < -0.3 is 10.8 Å². The van der Waals surface area contributed by atoms with Crippen molar-refractivity contribution in [1.29, 1.82) is 0 Å². The van der Waals surface area contributed by atoms with Gasteiger partial charge in [0.15, 0.2) is 0 Å². The van der Waals surface area contributed by atoms with Crippen LogP contribution in [0.15, 0.2) is 54.6 Å². The number of carboxylic acid groups (broad SMARTS) is 1. The van der Waals surface area contributed by atoms with Crippen LogP contribution in [-0.4, -0.2) is 34.6 Å². The van der Waals surface area contributed by atoms with E-state index in [1.165, 1.54) is 16.7 Å². The van der Waals surface area contributed by atoms with E-state index in [-0.39, 0.29) is 5.92 Å². The minimum absolute atomic E-state index is 0.0532. The molecule has 0 bridgehead atoms. The predicted octanol–water partition coefficient (Wildman–Crippen LogP) is 4.93. The normalized spacial score (nSPS) is 17.7. The van der Waals surface area contributed by atoms with Crippen molar-refractivity contribution in [1.82, 2.24) is 4.90 Å². The van der Waals surface area contributed by atoms with Gasteiger partial charge in [-0.25, -0.2) is 0 Å². The van der Waals surface area contributed by atoms with Gasteiger partial charge in [0.25, 0.3) is 0 Å². The minimum Gasteiger partial charge on any atom is -0.480 e. The maximum atomic E-state index is 12.0. The van der Waals surface area contributed by atoms with E-state index in [9.17, 15) is 9.90 Å². The molecule has 0 spiro atoms. The maximum absolute atomic E-state index is 12.0. The molecule has 4 heteroatoms. The summed E-state index contributed by atoms with van der Waals surface area (Å²) in [7, 11) is 0. The third kappa shape index (κ3) is 5.26. The molecule has 1 atom stereocenters. The third-order valence-electron chi connectivity index (χ3n) is 6.40. The van der Waals surface area contributed by atoms with Crippen LogP contribution < -0.4 is 5.73 Å². The molecule has 1 saturated heterocycles. The highest BCUT2D eigenvalue weighted by atomic mass is 16.4. The van der Waals surface area contributed by atoms with Crippen molar-refractivity contribution in [2.75, 3.05) is 13.1 Å². The topological polar surface area (TPSA) is 66.6 Å². The molecule has 4 nitrogen and oxygen atoms in total. The summed E-state index contributed by atoms with van der Waals surface area (Å²) in [6.07, 6.45) is 5.29. The zero-order chi connectivity index (χ0) is 20.7. The minimum atomic E-state index is -1.08. The smallest absolute Gasteiger partial charge is 0.323 e. The molecule has 1 aliphatic rings.